The highest BCUT2D eigenvalue weighted by Crippen LogP contribution is 2.22. The summed E-state index contributed by atoms with van der Waals surface area (Å²) in [6.45, 7) is 7.07. The largest absolute Gasteiger partial charge is 0.350 e. The lowest BCUT2D eigenvalue weighted by Gasteiger charge is -2.30. The van der Waals surface area contributed by atoms with Crippen LogP contribution in [0.1, 0.15) is 35.4 Å². The molecule has 1 aliphatic rings. The average molecular weight is 416 g/mol. The van der Waals surface area contributed by atoms with Crippen molar-refractivity contribution < 1.29 is 13.2 Å². The second kappa shape index (κ2) is 8.55. The minimum atomic E-state index is -3.15. The highest BCUT2D eigenvalue weighted by molar-refractivity contribution is 7.88. The fourth-order valence-electron chi connectivity index (χ4n) is 3.79. The first-order valence-corrected chi connectivity index (χ1v) is 11.7. The number of aromatic nitrogens is 1. The van der Waals surface area contributed by atoms with Crippen molar-refractivity contribution in [1.82, 2.24) is 14.2 Å². The Morgan fingerprint density at radius 3 is 2.31 bits per heavy atom. The molecule has 7 heteroatoms. The Morgan fingerprint density at radius 1 is 1.10 bits per heavy atom. The Hall–Kier alpha value is -2.38. The van der Waals surface area contributed by atoms with E-state index in [1.165, 1.54) is 16.1 Å². The number of hydrogen-bond acceptors (Lipinski definition) is 3. The number of sulfonamides is 1. The van der Waals surface area contributed by atoms with Crippen LogP contribution in [-0.4, -0.2) is 48.6 Å². The molecule has 1 saturated heterocycles. The summed E-state index contributed by atoms with van der Waals surface area (Å²) in [4.78, 5) is 12.3. The standard InChI is InChI=1S/C22H29N3O3S/c1-16-5-8-21(9-6-16)25-17(2)15-19(18(25)3)7-10-22(26)23-20-11-13-24(14-12-20)29(4,27)28/h5-10,15,20H,11-14H2,1-4H3,(H,23,26)/b10-7+. The van der Waals surface area contributed by atoms with Gasteiger partial charge in [-0.3, -0.25) is 4.79 Å². The number of benzene rings is 1. The highest BCUT2D eigenvalue weighted by Gasteiger charge is 2.25. The Balaban J connectivity index is 1.64. The molecule has 29 heavy (non-hydrogen) atoms. The zero-order valence-electron chi connectivity index (χ0n) is 17.5. The van der Waals surface area contributed by atoms with Crippen molar-refractivity contribution in [2.75, 3.05) is 19.3 Å². The van der Waals surface area contributed by atoms with Crippen molar-refractivity contribution in [2.45, 2.75) is 39.7 Å². The fourth-order valence-corrected chi connectivity index (χ4v) is 4.67. The Kier molecular flexibility index (Phi) is 6.29. The van der Waals surface area contributed by atoms with Crippen molar-refractivity contribution in [3.8, 4) is 5.69 Å². The number of nitrogens with one attached hydrogen (secondary N) is 1. The van der Waals surface area contributed by atoms with Crippen LogP contribution in [0.5, 0.6) is 0 Å². The van der Waals surface area contributed by atoms with Gasteiger partial charge in [0.1, 0.15) is 0 Å². The fraction of sp³-hybridized carbons (Fsp3) is 0.409. The average Bonchev–Trinajstić information content (AvgIpc) is 2.94. The molecule has 6 nitrogen and oxygen atoms in total. The van der Waals surface area contributed by atoms with E-state index in [0.717, 1.165) is 22.6 Å². The van der Waals surface area contributed by atoms with Crippen LogP contribution in [0.25, 0.3) is 11.8 Å². The second-order valence-electron chi connectivity index (χ2n) is 7.78. The summed E-state index contributed by atoms with van der Waals surface area (Å²) < 4.78 is 26.8. The van der Waals surface area contributed by atoms with E-state index in [0.29, 0.717) is 25.9 Å². The summed E-state index contributed by atoms with van der Waals surface area (Å²) >= 11 is 0. The van der Waals surface area contributed by atoms with Crippen LogP contribution >= 0.6 is 0 Å². The number of hydrogen-bond donors (Lipinski definition) is 1. The van der Waals surface area contributed by atoms with Crippen LogP contribution < -0.4 is 5.32 Å². The van der Waals surface area contributed by atoms with Crippen LogP contribution in [0.3, 0.4) is 0 Å². The molecule has 156 valence electrons. The molecule has 0 bridgehead atoms. The second-order valence-corrected chi connectivity index (χ2v) is 9.76. The number of carbonyl (C=O) groups is 1. The van der Waals surface area contributed by atoms with Gasteiger partial charge in [-0.05, 0) is 63.5 Å². The van der Waals surface area contributed by atoms with Crippen molar-refractivity contribution in [2.24, 2.45) is 0 Å². The molecule has 1 aromatic carbocycles. The van der Waals surface area contributed by atoms with Gasteiger partial charge in [-0.1, -0.05) is 17.7 Å². The predicted octanol–water partition coefficient (Wildman–Crippen LogP) is 2.96. The number of aryl methyl sites for hydroxylation is 2. The molecule has 2 aromatic rings. The summed E-state index contributed by atoms with van der Waals surface area (Å²) in [6, 6.07) is 10.4. The molecule has 0 unspecified atom stereocenters. The quantitative estimate of drug-likeness (QED) is 0.763. The molecule has 1 N–H and O–H groups in total. The highest BCUT2D eigenvalue weighted by atomic mass is 32.2. The van der Waals surface area contributed by atoms with E-state index >= 15 is 0 Å². The maximum Gasteiger partial charge on any atom is 0.244 e. The van der Waals surface area contributed by atoms with E-state index < -0.39 is 10.0 Å². The van der Waals surface area contributed by atoms with E-state index in [-0.39, 0.29) is 11.9 Å². The lowest BCUT2D eigenvalue weighted by atomic mass is 10.1. The molecule has 1 amide bonds. The van der Waals surface area contributed by atoms with E-state index in [1.54, 1.807) is 6.08 Å². The van der Waals surface area contributed by atoms with Crippen molar-refractivity contribution in [3.05, 3.63) is 58.9 Å². The van der Waals surface area contributed by atoms with E-state index in [2.05, 4.69) is 54.1 Å². The maximum atomic E-state index is 12.3. The third-order valence-electron chi connectivity index (χ3n) is 5.45. The molecule has 1 aromatic heterocycles. The molecule has 0 aliphatic carbocycles. The third kappa shape index (κ3) is 5.16. The molecule has 0 spiro atoms. The number of piperidine rings is 1. The Bertz CT molecular complexity index is 1010. The van der Waals surface area contributed by atoms with Crippen molar-refractivity contribution in [1.29, 1.82) is 0 Å². The van der Waals surface area contributed by atoms with Gasteiger partial charge < -0.3 is 9.88 Å². The van der Waals surface area contributed by atoms with Gasteiger partial charge in [0.25, 0.3) is 0 Å². The van der Waals surface area contributed by atoms with Gasteiger partial charge in [0.2, 0.25) is 15.9 Å². The van der Waals surface area contributed by atoms with Crippen molar-refractivity contribution >= 4 is 22.0 Å². The van der Waals surface area contributed by atoms with Gasteiger partial charge >= 0.3 is 0 Å². The van der Waals surface area contributed by atoms with Gasteiger partial charge in [0, 0.05) is 42.3 Å². The first-order chi connectivity index (χ1) is 13.6. The number of carbonyl (C=O) groups excluding carboxylic acids is 1. The van der Waals surface area contributed by atoms with Gasteiger partial charge in [-0.15, -0.1) is 0 Å². The molecule has 1 aliphatic heterocycles. The summed E-state index contributed by atoms with van der Waals surface area (Å²) in [5, 5.41) is 2.99. The molecule has 0 atom stereocenters. The zero-order valence-corrected chi connectivity index (χ0v) is 18.3. The van der Waals surface area contributed by atoms with Crippen LogP contribution in [0.2, 0.25) is 0 Å². The Morgan fingerprint density at radius 2 is 1.72 bits per heavy atom. The van der Waals surface area contributed by atoms with E-state index in [9.17, 15) is 13.2 Å². The predicted molar refractivity (Wildman–Crippen MR) is 117 cm³/mol. The zero-order chi connectivity index (χ0) is 21.2. The van der Waals surface area contributed by atoms with Crippen molar-refractivity contribution in [3.63, 3.8) is 0 Å². The molecular formula is C22H29N3O3S. The summed E-state index contributed by atoms with van der Waals surface area (Å²) in [6.07, 6.45) is 5.89. The molecule has 3 rings (SSSR count). The van der Waals surface area contributed by atoms with Gasteiger partial charge in [0.15, 0.2) is 0 Å². The normalized spacial score (nSPS) is 16.4. The van der Waals surface area contributed by atoms with Crippen LogP contribution in [0.4, 0.5) is 0 Å². The van der Waals surface area contributed by atoms with E-state index in [4.69, 9.17) is 0 Å². The molecule has 1 fully saturated rings. The third-order valence-corrected chi connectivity index (χ3v) is 6.75. The smallest absolute Gasteiger partial charge is 0.244 e. The van der Waals surface area contributed by atoms with Crippen LogP contribution in [0, 0.1) is 20.8 Å². The van der Waals surface area contributed by atoms with Crippen LogP contribution in [-0.2, 0) is 14.8 Å². The topological polar surface area (TPSA) is 71.4 Å². The number of rotatable bonds is 5. The molecule has 0 saturated carbocycles. The summed E-state index contributed by atoms with van der Waals surface area (Å²) in [5.41, 5.74) is 5.52. The lowest BCUT2D eigenvalue weighted by Crippen LogP contribution is -2.45. The monoisotopic (exact) mass is 415 g/mol. The van der Waals surface area contributed by atoms with Crippen LogP contribution in [0.15, 0.2) is 36.4 Å². The summed E-state index contributed by atoms with van der Waals surface area (Å²) in [5.74, 6) is -0.150. The number of amides is 1. The molecule has 2 heterocycles. The Labute approximate surface area is 173 Å². The minimum Gasteiger partial charge on any atom is -0.350 e. The lowest BCUT2D eigenvalue weighted by molar-refractivity contribution is -0.117. The molecular weight excluding hydrogens is 386 g/mol. The van der Waals surface area contributed by atoms with Gasteiger partial charge in [-0.2, -0.15) is 0 Å². The SMILES string of the molecule is Cc1ccc(-n2c(C)cc(/C=C/C(=O)NC3CCN(S(C)(=O)=O)CC3)c2C)cc1. The number of nitrogens with zero attached hydrogens (tertiary/aromatic N) is 2. The maximum absolute atomic E-state index is 12.3. The van der Waals surface area contributed by atoms with Gasteiger partial charge in [-0.25, -0.2) is 12.7 Å². The van der Waals surface area contributed by atoms with Gasteiger partial charge in [0.05, 0.1) is 6.26 Å². The minimum absolute atomic E-state index is 0.00476. The first-order valence-electron chi connectivity index (χ1n) is 9.85. The summed E-state index contributed by atoms with van der Waals surface area (Å²) in [7, 11) is -3.15. The first kappa shape index (κ1) is 21.3. The van der Waals surface area contributed by atoms with E-state index in [1.807, 2.05) is 13.0 Å². The molecule has 0 radical (unpaired) electrons.